The number of hydrogen-bond acceptors (Lipinski definition) is 3. The van der Waals surface area contributed by atoms with Gasteiger partial charge in [0.15, 0.2) is 0 Å². The molecule has 0 aromatic carbocycles. The van der Waals surface area contributed by atoms with Gasteiger partial charge in [-0.1, -0.05) is 13.8 Å². The molecule has 5 heteroatoms. The van der Waals surface area contributed by atoms with Crippen LogP contribution in [0.2, 0.25) is 0 Å². The third-order valence-corrected chi connectivity index (χ3v) is 3.04. The van der Waals surface area contributed by atoms with E-state index >= 15 is 0 Å². The van der Waals surface area contributed by atoms with Gasteiger partial charge in [-0.15, -0.1) is 0 Å². The molecule has 2 unspecified atom stereocenters. The van der Waals surface area contributed by atoms with Crippen LogP contribution >= 0.6 is 0 Å². The van der Waals surface area contributed by atoms with Crippen molar-refractivity contribution in [2.24, 2.45) is 5.92 Å². The van der Waals surface area contributed by atoms with E-state index in [-0.39, 0.29) is 11.8 Å². The molecule has 0 radical (unpaired) electrons. The fourth-order valence-electron chi connectivity index (χ4n) is 2.12. The molecular formula is C11H20N2O3. The zero-order valence-corrected chi connectivity index (χ0v) is 9.90. The van der Waals surface area contributed by atoms with E-state index in [4.69, 9.17) is 5.11 Å². The van der Waals surface area contributed by atoms with Gasteiger partial charge in [-0.3, -0.25) is 4.79 Å². The minimum absolute atomic E-state index is 0.0561. The van der Waals surface area contributed by atoms with Gasteiger partial charge in [0.25, 0.3) is 0 Å². The number of carbonyl (C=O) groups excluding carboxylic acids is 1. The molecule has 92 valence electrons. The Hall–Kier alpha value is -1.10. The summed E-state index contributed by atoms with van der Waals surface area (Å²) in [5, 5.41) is 12.1. The predicted molar refractivity (Wildman–Crippen MR) is 60.1 cm³/mol. The van der Waals surface area contributed by atoms with E-state index in [1.807, 2.05) is 13.8 Å². The number of likely N-dealkylation sites (tertiary alicyclic amines) is 1. The first-order chi connectivity index (χ1) is 7.57. The first-order valence-corrected chi connectivity index (χ1v) is 5.81. The Morgan fingerprint density at radius 1 is 1.50 bits per heavy atom. The SMILES string of the molecule is CCNCCC(=O)N1CCC(C)C1C(=O)O. The van der Waals surface area contributed by atoms with Crippen LogP contribution in [0, 0.1) is 5.92 Å². The smallest absolute Gasteiger partial charge is 0.326 e. The van der Waals surface area contributed by atoms with Crippen LogP contribution in [0.1, 0.15) is 26.7 Å². The molecule has 0 aliphatic carbocycles. The molecule has 16 heavy (non-hydrogen) atoms. The normalized spacial score (nSPS) is 24.8. The summed E-state index contributed by atoms with van der Waals surface area (Å²) < 4.78 is 0. The number of hydrogen-bond donors (Lipinski definition) is 2. The molecule has 0 saturated carbocycles. The van der Waals surface area contributed by atoms with Crippen LogP contribution in [0.15, 0.2) is 0 Å². The number of aliphatic carboxylic acids is 1. The molecule has 1 amide bonds. The number of nitrogens with one attached hydrogen (secondary N) is 1. The van der Waals surface area contributed by atoms with Crippen molar-refractivity contribution in [2.45, 2.75) is 32.7 Å². The Labute approximate surface area is 95.8 Å². The molecule has 5 nitrogen and oxygen atoms in total. The highest BCUT2D eigenvalue weighted by atomic mass is 16.4. The molecule has 1 aliphatic rings. The Morgan fingerprint density at radius 3 is 2.75 bits per heavy atom. The average molecular weight is 228 g/mol. The van der Waals surface area contributed by atoms with Gasteiger partial charge in [-0.25, -0.2) is 4.79 Å². The van der Waals surface area contributed by atoms with Gasteiger partial charge in [0.1, 0.15) is 6.04 Å². The van der Waals surface area contributed by atoms with Crippen molar-refractivity contribution in [1.29, 1.82) is 0 Å². The minimum Gasteiger partial charge on any atom is -0.480 e. The lowest BCUT2D eigenvalue weighted by Gasteiger charge is -2.23. The number of carboxylic acids is 1. The maximum atomic E-state index is 11.8. The molecule has 1 fully saturated rings. The van der Waals surface area contributed by atoms with E-state index in [1.165, 1.54) is 4.90 Å². The zero-order chi connectivity index (χ0) is 12.1. The van der Waals surface area contributed by atoms with Crippen molar-refractivity contribution in [2.75, 3.05) is 19.6 Å². The summed E-state index contributed by atoms with van der Waals surface area (Å²) >= 11 is 0. The Morgan fingerprint density at radius 2 is 2.19 bits per heavy atom. The fourth-order valence-corrected chi connectivity index (χ4v) is 2.12. The standard InChI is InChI=1S/C11H20N2O3/c1-3-12-6-4-9(14)13-7-5-8(2)10(13)11(15)16/h8,10,12H,3-7H2,1-2H3,(H,15,16). The van der Waals surface area contributed by atoms with Crippen molar-refractivity contribution in [3.8, 4) is 0 Å². The average Bonchev–Trinajstić information content (AvgIpc) is 2.60. The van der Waals surface area contributed by atoms with Crippen LogP contribution in [-0.2, 0) is 9.59 Å². The van der Waals surface area contributed by atoms with Crippen LogP contribution in [0.3, 0.4) is 0 Å². The van der Waals surface area contributed by atoms with Crippen LogP contribution < -0.4 is 5.32 Å². The van der Waals surface area contributed by atoms with Gasteiger partial charge < -0.3 is 15.3 Å². The van der Waals surface area contributed by atoms with Gasteiger partial charge in [-0.05, 0) is 18.9 Å². The van der Waals surface area contributed by atoms with Crippen molar-refractivity contribution < 1.29 is 14.7 Å². The van der Waals surface area contributed by atoms with E-state index in [9.17, 15) is 9.59 Å². The molecule has 2 N–H and O–H groups in total. The number of nitrogens with zero attached hydrogens (tertiary/aromatic N) is 1. The molecule has 0 aromatic rings. The third-order valence-electron chi connectivity index (χ3n) is 3.04. The first-order valence-electron chi connectivity index (χ1n) is 5.81. The molecule has 0 bridgehead atoms. The van der Waals surface area contributed by atoms with Crippen molar-refractivity contribution >= 4 is 11.9 Å². The maximum Gasteiger partial charge on any atom is 0.326 e. The second-order valence-corrected chi connectivity index (χ2v) is 4.24. The second-order valence-electron chi connectivity index (χ2n) is 4.24. The lowest BCUT2D eigenvalue weighted by molar-refractivity contribution is -0.149. The largest absolute Gasteiger partial charge is 0.480 e. The number of carboxylic acid groups (broad SMARTS) is 1. The zero-order valence-electron chi connectivity index (χ0n) is 9.90. The fraction of sp³-hybridized carbons (Fsp3) is 0.818. The maximum absolute atomic E-state index is 11.8. The lowest BCUT2D eigenvalue weighted by Crippen LogP contribution is -2.43. The highest BCUT2D eigenvalue weighted by molar-refractivity contribution is 5.84. The molecule has 2 atom stereocenters. The number of carbonyl (C=O) groups is 2. The highest BCUT2D eigenvalue weighted by Crippen LogP contribution is 2.24. The van der Waals surface area contributed by atoms with Gasteiger partial charge >= 0.3 is 5.97 Å². The quantitative estimate of drug-likeness (QED) is 0.664. The summed E-state index contributed by atoms with van der Waals surface area (Å²) in [6.07, 6.45) is 1.16. The summed E-state index contributed by atoms with van der Waals surface area (Å²) in [5.74, 6) is -0.889. The summed E-state index contributed by atoms with van der Waals surface area (Å²) in [6.45, 7) is 5.88. The topological polar surface area (TPSA) is 69.6 Å². The molecule has 0 aromatic heterocycles. The number of amides is 1. The molecule has 1 saturated heterocycles. The Kier molecular flexibility index (Phi) is 4.73. The summed E-state index contributed by atoms with van der Waals surface area (Å²) in [5.41, 5.74) is 0. The molecule has 1 rings (SSSR count). The predicted octanol–water partition coefficient (Wildman–Crippen LogP) is 0.308. The Balaban J connectivity index is 2.51. The van der Waals surface area contributed by atoms with Gasteiger partial charge in [0, 0.05) is 19.5 Å². The second kappa shape index (κ2) is 5.84. The summed E-state index contributed by atoms with van der Waals surface area (Å²) in [4.78, 5) is 24.4. The van der Waals surface area contributed by atoms with Crippen molar-refractivity contribution in [1.82, 2.24) is 10.2 Å². The van der Waals surface area contributed by atoms with Crippen molar-refractivity contribution in [3.05, 3.63) is 0 Å². The van der Waals surface area contributed by atoms with E-state index in [1.54, 1.807) is 0 Å². The molecular weight excluding hydrogens is 208 g/mol. The first kappa shape index (κ1) is 13.0. The van der Waals surface area contributed by atoms with Crippen LogP contribution in [0.4, 0.5) is 0 Å². The van der Waals surface area contributed by atoms with Crippen molar-refractivity contribution in [3.63, 3.8) is 0 Å². The van der Waals surface area contributed by atoms with E-state index in [2.05, 4.69) is 5.32 Å². The minimum atomic E-state index is -0.887. The van der Waals surface area contributed by atoms with Crippen LogP contribution in [-0.4, -0.2) is 47.6 Å². The monoisotopic (exact) mass is 228 g/mol. The number of rotatable bonds is 5. The molecule has 1 heterocycles. The van der Waals surface area contributed by atoms with Gasteiger partial charge in [0.2, 0.25) is 5.91 Å². The summed E-state index contributed by atoms with van der Waals surface area (Å²) in [7, 11) is 0. The Bertz CT molecular complexity index is 268. The van der Waals surface area contributed by atoms with Gasteiger partial charge in [0.05, 0.1) is 0 Å². The van der Waals surface area contributed by atoms with Gasteiger partial charge in [-0.2, -0.15) is 0 Å². The molecule has 1 aliphatic heterocycles. The lowest BCUT2D eigenvalue weighted by atomic mass is 10.0. The summed E-state index contributed by atoms with van der Waals surface area (Å²) in [6, 6.07) is -0.630. The van der Waals surface area contributed by atoms with E-state index in [0.29, 0.717) is 19.5 Å². The van der Waals surface area contributed by atoms with Crippen LogP contribution in [0.5, 0.6) is 0 Å². The van der Waals surface area contributed by atoms with E-state index < -0.39 is 12.0 Å². The highest BCUT2D eigenvalue weighted by Gasteiger charge is 2.38. The third kappa shape index (κ3) is 2.95. The van der Waals surface area contributed by atoms with Crippen LogP contribution in [0.25, 0.3) is 0 Å². The van der Waals surface area contributed by atoms with E-state index in [0.717, 1.165) is 13.0 Å². The molecule has 0 spiro atoms.